The lowest BCUT2D eigenvalue weighted by Crippen LogP contribution is -2.44. The van der Waals surface area contributed by atoms with Gasteiger partial charge in [-0.3, -0.25) is 0 Å². The van der Waals surface area contributed by atoms with Crippen LogP contribution in [0.3, 0.4) is 0 Å². The van der Waals surface area contributed by atoms with Crippen LogP contribution in [0.1, 0.15) is 51.9 Å². The van der Waals surface area contributed by atoms with Gasteiger partial charge in [-0.1, -0.05) is 39.0 Å². The van der Waals surface area contributed by atoms with Gasteiger partial charge in [-0.05, 0) is 23.9 Å². The van der Waals surface area contributed by atoms with Crippen LogP contribution in [0.5, 0.6) is 5.06 Å². The third-order valence-electron chi connectivity index (χ3n) is 3.37. The van der Waals surface area contributed by atoms with Crippen LogP contribution < -0.4 is 16.2 Å². The number of hydrogen-bond acceptors (Lipinski definition) is 7. The predicted molar refractivity (Wildman–Crippen MR) is 93.4 cm³/mol. The number of carbonyl (C=O) groups is 1. The van der Waals surface area contributed by atoms with Gasteiger partial charge in [0.05, 0.1) is 0 Å². The molecule has 0 aliphatic rings. The summed E-state index contributed by atoms with van der Waals surface area (Å²) in [5.41, 5.74) is 8.83. The largest absolute Gasteiger partial charge is 0.411 e. The molecular formula is C15H24N4O4S. The molecule has 0 saturated heterocycles. The Kier molecular flexibility index (Phi) is 8.77. The summed E-state index contributed by atoms with van der Waals surface area (Å²) in [4.78, 5) is 31.7. The molecule has 0 amide bonds. The predicted octanol–water partition coefficient (Wildman–Crippen LogP) is 3.07. The molecule has 1 aromatic heterocycles. The van der Waals surface area contributed by atoms with E-state index in [2.05, 4.69) is 17.3 Å². The number of rotatable bonds is 12. The standard InChI is InChI=1S/C15H24N4O4S/c1-2-3-4-5-6-7-10-15(23-19-21,18-14(16)17)13(20)22-12-9-8-11-24-12/h8-9,11H,2-7,10H2,1H3,(H4,16,17,18). The quantitative estimate of drug-likeness (QED) is 0.148. The molecule has 0 bridgehead atoms. The number of nitrogens with two attached hydrogens (primary N) is 2. The second-order valence-corrected chi connectivity index (χ2v) is 6.24. The second kappa shape index (κ2) is 10.6. The lowest BCUT2D eigenvalue weighted by Gasteiger charge is -2.23. The van der Waals surface area contributed by atoms with Gasteiger partial charge in [-0.15, -0.1) is 16.2 Å². The Morgan fingerprint density at radius 2 is 1.96 bits per heavy atom. The summed E-state index contributed by atoms with van der Waals surface area (Å²) in [6.07, 6.45) is 5.98. The zero-order valence-electron chi connectivity index (χ0n) is 13.8. The maximum absolute atomic E-state index is 12.5. The van der Waals surface area contributed by atoms with E-state index in [0.29, 0.717) is 11.5 Å². The monoisotopic (exact) mass is 356 g/mol. The van der Waals surface area contributed by atoms with E-state index in [1.165, 1.54) is 11.3 Å². The van der Waals surface area contributed by atoms with Gasteiger partial charge in [-0.2, -0.15) is 4.99 Å². The van der Waals surface area contributed by atoms with Gasteiger partial charge in [0.1, 0.15) is 0 Å². The molecule has 0 aliphatic heterocycles. The molecule has 9 heteroatoms. The molecular weight excluding hydrogens is 332 g/mol. The SMILES string of the molecule is CCCCCCCCC(N=C(N)N)(ON=O)C(=O)Oc1cccs1. The maximum atomic E-state index is 12.5. The lowest BCUT2D eigenvalue weighted by atomic mass is 10.0. The molecule has 134 valence electrons. The first-order valence-corrected chi connectivity index (χ1v) is 8.79. The third kappa shape index (κ3) is 6.53. The molecule has 1 heterocycles. The first kappa shape index (κ1) is 19.9. The summed E-state index contributed by atoms with van der Waals surface area (Å²) < 4.78 is 5.21. The molecule has 0 fully saturated rings. The summed E-state index contributed by atoms with van der Waals surface area (Å²) in [7, 11) is 0. The Balaban J connectivity index is 2.78. The maximum Gasteiger partial charge on any atom is 0.383 e. The van der Waals surface area contributed by atoms with Crippen LogP contribution in [-0.2, 0) is 9.63 Å². The van der Waals surface area contributed by atoms with Gasteiger partial charge >= 0.3 is 11.7 Å². The van der Waals surface area contributed by atoms with Crippen LogP contribution >= 0.6 is 11.3 Å². The molecule has 1 aromatic rings. The minimum absolute atomic E-state index is 0.104. The number of carbonyl (C=O) groups excluding carboxylic acids is 1. The number of esters is 1. The number of nitrogens with zero attached hydrogens (tertiary/aromatic N) is 2. The average molecular weight is 356 g/mol. The van der Waals surface area contributed by atoms with Crippen LogP contribution in [0.4, 0.5) is 0 Å². The van der Waals surface area contributed by atoms with Gasteiger partial charge in [-0.25, -0.2) is 4.79 Å². The van der Waals surface area contributed by atoms with Crippen molar-refractivity contribution in [2.75, 3.05) is 0 Å². The molecule has 4 N–H and O–H groups in total. The first-order valence-electron chi connectivity index (χ1n) is 7.91. The zero-order chi connectivity index (χ0) is 17.8. The number of thiophene rings is 1. The highest BCUT2D eigenvalue weighted by atomic mass is 32.1. The first-order chi connectivity index (χ1) is 11.5. The Morgan fingerprint density at radius 1 is 1.25 bits per heavy atom. The molecule has 0 saturated carbocycles. The van der Waals surface area contributed by atoms with E-state index in [1.807, 2.05) is 0 Å². The number of ether oxygens (including phenoxy) is 1. The van der Waals surface area contributed by atoms with Gasteiger partial charge < -0.3 is 21.0 Å². The van der Waals surface area contributed by atoms with Gasteiger partial charge in [0.15, 0.2) is 16.4 Å². The van der Waals surface area contributed by atoms with Crippen molar-refractivity contribution in [1.82, 2.24) is 0 Å². The molecule has 0 aliphatic carbocycles. The number of guanidine groups is 1. The molecule has 0 aromatic carbocycles. The second-order valence-electron chi connectivity index (χ2n) is 5.33. The van der Waals surface area contributed by atoms with Crippen LogP contribution in [0, 0.1) is 4.91 Å². The van der Waals surface area contributed by atoms with Crippen LogP contribution in [-0.4, -0.2) is 17.7 Å². The summed E-state index contributed by atoms with van der Waals surface area (Å²) >= 11 is 1.22. The fourth-order valence-corrected chi connectivity index (χ4v) is 2.79. The van der Waals surface area contributed by atoms with Crippen molar-refractivity contribution < 1.29 is 14.4 Å². The smallest absolute Gasteiger partial charge is 0.383 e. The highest BCUT2D eigenvalue weighted by molar-refractivity contribution is 7.11. The molecule has 8 nitrogen and oxygen atoms in total. The number of hydrogen-bond donors (Lipinski definition) is 2. The highest BCUT2D eigenvalue weighted by Gasteiger charge is 2.44. The number of aliphatic imine (C=N–C) groups is 1. The van der Waals surface area contributed by atoms with Gasteiger partial charge in [0.2, 0.25) is 0 Å². The van der Waals surface area contributed by atoms with E-state index in [1.54, 1.807) is 17.5 Å². The Morgan fingerprint density at radius 3 is 2.54 bits per heavy atom. The topological polar surface area (TPSA) is 129 Å². The Labute approximate surface area is 145 Å². The molecule has 1 atom stereocenters. The van der Waals surface area contributed by atoms with Crippen LogP contribution in [0.25, 0.3) is 0 Å². The van der Waals surface area contributed by atoms with E-state index in [9.17, 15) is 9.70 Å². The summed E-state index contributed by atoms with van der Waals surface area (Å²) in [5.74, 6) is -1.25. The molecule has 1 rings (SSSR count). The minimum atomic E-state index is -1.95. The number of unbranched alkanes of at least 4 members (excludes halogenated alkanes) is 5. The van der Waals surface area contributed by atoms with Crippen LogP contribution in [0.2, 0.25) is 0 Å². The van der Waals surface area contributed by atoms with E-state index in [4.69, 9.17) is 21.0 Å². The summed E-state index contributed by atoms with van der Waals surface area (Å²) in [6.45, 7) is 2.13. The van der Waals surface area contributed by atoms with Crippen molar-refractivity contribution in [3.05, 3.63) is 22.4 Å². The molecule has 0 spiro atoms. The lowest BCUT2D eigenvalue weighted by molar-refractivity contribution is -0.163. The fraction of sp³-hybridized carbons (Fsp3) is 0.600. The van der Waals surface area contributed by atoms with Crippen molar-refractivity contribution in [2.45, 2.75) is 57.6 Å². The Bertz CT molecular complexity index is 532. The van der Waals surface area contributed by atoms with Crippen molar-refractivity contribution in [2.24, 2.45) is 21.8 Å². The minimum Gasteiger partial charge on any atom is -0.411 e. The van der Waals surface area contributed by atoms with E-state index in [0.717, 1.165) is 32.1 Å². The van der Waals surface area contributed by atoms with Crippen molar-refractivity contribution in [3.63, 3.8) is 0 Å². The van der Waals surface area contributed by atoms with E-state index in [-0.39, 0.29) is 12.4 Å². The zero-order valence-corrected chi connectivity index (χ0v) is 14.6. The van der Waals surface area contributed by atoms with Crippen molar-refractivity contribution in [3.8, 4) is 5.06 Å². The Hall–Kier alpha value is -2.16. The average Bonchev–Trinajstić information content (AvgIpc) is 3.03. The third-order valence-corrected chi connectivity index (χ3v) is 4.12. The highest BCUT2D eigenvalue weighted by Crippen LogP contribution is 2.27. The van der Waals surface area contributed by atoms with Crippen molar-refractivity contribution in [1.29, 1.82) is 0 Å². The molecule has 0 radical (unpaired) electrons. The van der Waals surface area contributed by atoms with E-state index < -0.39 is 11.7 Å². The van der Waals surface area contributed by atoms with E-state index >= 15 is 0 Å². The molecule has 24 heavy (non-hydrogen) atoms. The summed E-state index contributed by atoms with van der Waals surface area (Å²) in [5, 5.41) is 4.48. The van der Waals surface area contributed by atoms with Crippen molar-refractivity contribution >= 4 is 23.3 Å². The van der Waals surface area contributed by atoms with Crippen LogP contribution in [0.15, 0.2) is 27.8 Å². The summed E-state index contributed by atoms with van der Waals surface area (Å²) in [6, 6.07) is 3.34. The normalized spacial score (nSPS) is 12.9. The fourth-order valence-electron chi connectivity index (χ4n) is 2.21. The molecule has 1 unspecified atom stereocenters. The van der Waals surface area contributed by atoms with Gasteiger partial charge in [0, 0.05) is 6.42 Å². The van der Waals surface area contributed by atoms with Gasteiger partial charge in [0.25, 0.3) is 0 Å².